The van der Waals surface area contributed by atoms with E-state index >= 15 is 0 Å². The van der Waals surface area contributed by atoms with Crippen LogP contribution in [-0.2, 0) is 9.59 Å². The summed E-state index contributed by atoms with van der Waals surface area (Å²) in [5, 5.41) is 5.54. The Hall–Kier alpha value is -2.69. The van der Waals surface area contributed by atoms with E-state index in [1.54, 1.807) is 36.4 Å². The number of amides is 2. The Balaban J connectivity index is 1.58. The van der Waals surface area contributed by atoms with Crippen LogP contribution in [-0.4, -0.2) is 11.8 Å². The standard InChI is InChI=1S/C18H17FN2O2/c1-11(22)20-14-6-8-15(9-7-14)21-18(23)17-10-16(17)12-2-4-13(19)5-3-12/h2-9,16-17H,10H2,1H3,(H,20,22)(H,21,23). The predicted molar refractivity (Wildman–Crippen MR) is 86.6 cm³/mol. The summed E-state index contributed by atoms with van der Waals surface area (Å²) in [6, 6.07) is 13.3. The highest BCUT2D eigenvalue weighted by Crippen LogP contribution is 2.47. The fourth-order valence-electron chi connectivity index (χ4n) is 2.64. The van der Waals surface area contributed by atoms with E-state index < -0.39 is 0 Å². The Labute approximate surface area is 133 Å². The second-order valence-electron chi connectivity index (χ2n) is 5.75. The van der Waals surface area contributed by atoms with E-state index in [-0.39, 0.29) is 29.5 Å². The van der Waals surface area contributed by atoms with Gasteiger partial charge in [0.15, 0.2) is 0 Å². The van der Waals surface area contributed by atoms with Gasteiger partial charge in [-0.15, -0.1) is 0 Å². The second-order valence-corrected chi connectivity index (χ2v) is 5.75. The van der Waals surface area contributed by atoms with Crippen molar-refractivity contribution < 1.29 is 14.0 Å². The fraction of sp³-hybridized carbons (Fsp3) is 0.222. The van der Waals surface area contributed by atoms with Gasteiger partial charge < -0.3 is 10.6 Å². The smallest absolute Gasteiger partial charge is 0.228 e. The molecule has 2 amide bonds. The van der Waals surface area contributed by atoms with Crippen LogP contribution in [0.3, 0.4) is 0 Å². The molecule has 0 saturated heterocycles. The molecule has 118 valence electrons. The van der Waals surface area contributed by atoms with E-state index in [0.29, 0.717) is 11.4 Å². The Morgan fingerprint density at radius 1 is 0.957 bits per heavy atom. The van der Waals surface area contributed by atoms with E-state index in [1.807, 2.05) is 0 Å². The zero-order valence-corrected chi connectivity index (χ0v) is 12.7. The van der Waals surface area contributed by atoms with Crippen molar-refractivity contribution in [1.82, 2.24) is 0 Å². The van der Waals surface area contributed by atoms with Crippen molar-refractivity contribution in [3.8, 4) is 0 Å². The Morgan fingerprint density at radius 3 is 2.09 bits per heavy atom. The molecule has 0 heterocycles. The number of rotatable bonds is 4. The minimum absolute atomic E-state index is 0.0356. The van der Waals surface area contributed by atoms with Crippen LogP contribution in [0.1, 0.15) is 24.8 Å². The molecule has 0 aliphatic heterocycles. The lowest BCUT2D eigenvalue weighted by Crippen LogP contribution is -2.14. The van der Waals surface area contributed by atoms with Crippen molar-refractivity contribution in [1.29, 1.82) is 0 Å². The monoisotopic (exact) mass is 312 g/mol. The number of hydrogen-bond acceptors (Lipinski definition) is 2. The van der Waals surface area contributed by atoms with Gasteiger partial charge in [0.25, 0.3) is 0 Å². The van der Waals surface area contributed by atoms with Crippen molar-refractivity contribution in [2.45, 2.75) is 19.3 Å². The number of benzene rings is 2. The second kappa shape index (κ2) is 6.20. The van der Waals surface area contributed by atoms with Gasteiger partial charge in [-0.2, -0.15) is 0 Å². The van der Waals surface area contributed by atoms with Crippen molar-refractivity contribution in [2.24, 2.45) is 5.92 Å². The van der Waals surface area contributed by atoms with Gasteiger partial charge in [0.1, 0.15) is 5.82 Å². The summed E-state index contributed by atoms with van der Waals surface area (Å²) < 4.78 is 12.9. The number of carbonyl (C=O) groups excluding carboxylic acids is 2. The number of nitrogens with one attached hydrogen (secondary N) is 2. The van der Waals surface area contributed by atoms with E-state index in [4.69, 9.17) is 0 Å². The van der Waals surface area contributed by atoms with Crippen molar-refractivity contribution >= 4 is 23.2 Å². The maximum Gasteiger partial charge on any atom is 0.228 e. The third kappa shape index (κ3) is 3.74. The normalized spacial score (nSPS) is 19.0. The maximum atomic E-state index is 12.9. The SMILES string of the molecule is CC(=O)Nc1ccc(NC(=O)C2CC2c2ccc(F)cc2)cc1. The van der Waals surface area contributed by atoms with Crippen LogP contribution in [0.2, 0.25) is 0 Å². The summed E-state index contributed by atoms with van der Waals surface area (Å²) in [6.45, 7) is 1.44. The summed E-state index contributed by atoms with van der Waals surface area (Å²) in [5.41, 5.74) is 2.37. The van der Waals surface area contributed by atoms with Crippen molar-refractivity contribution in [3.05, 3.63) is 59.9 Å². The van der Waals surface area contributed by atoms with Gasteiger partial charge in [-0.1, -0.05) is 12.1 Å². The summed E-state index contributed by atoms with van der Waals surface area (Å²) in [6.07, 6.45) is 0.779. The van der Waals surface area contributed by atoms with Crippen molar-refractivity contribution in [2.75, 3.05) is 10.6 Å². The average Bonchev–Trinajstić information content (AvgIpc) is 3.30. The first kappa shape index (κ1) is 15.2. The largest absolute Gasteiger partial charge is 0.326 e. The Bertz CT molecular complexity index is 726. The molecule has 1 fully saturated rings. The van der Waals surface area contributed by atoms with Crippen LogP contribution in [0, 0.1) is 11.7 Å². The number of carbonyl (C=O) groups is 2. The molecule has 0 bridgehead atoms. The molecule has 3 rings (SSSR count). The van der Waals surface area contributed by atoms with Gasteiger partial charge in [-0.3, -0.25) is 9.59 Å². The number of anilines is 2. The Kier molecular flexibility index (Phi) is 4.10. The lowest BCUT2D eigenvalue weighted by Gasteiger charge is -2.07. The van der Waals surface area contributed by atoms with Crippen LogP contribution in [0.4, 0.5) is 15.8 Å². The predicted octanol–water partition coefficient (Wildman–Crippen LogP) is 3.53. The van der Waals surface area contributed by atoms with E-state index in [9.17, 15) is 14.0 Å². The lowest BCUT2D eigenvalue weighted by molar-refractivity contribution is -0.117. The first-order chi connectivity index (χ1) is 11.0. The van der Waals surface area contributed by atoms with Crippen molar-refractivity contribution in [3.63, 3.8) is 0 Å². The highest BCUT2D eigenvalue weighted by atomic mass is 19.1. The van der Waals surface area contributed by atoms with Gasteiger partial charge in [-0.25, -0.2) is 4.39 Å². The summed E-state index contributed by atoms with van der Waals surface area (Å²) >= 11 is 0. The molecule has 0 radical (unpaired) electrons. The molecule has 2 aromatic carbocycles. The summed E-state index contributed by atoms with van der Waals surface area (Å²) in [4.78, 5) is 23.2. The van der Waals surface area contributed by atoms with Gasteiger partial charge >= 0.3 is 0 Å². The first-order valence-electron chi connectivity index (χ1n) is 7.47. The van der Waals surface area contributed by atoms with Crippen LogP contribution in [0.15, 0.2) is 48.5 Å². The number of hydrogen-bond donors (Lipinski definition) is 2. The van der Waals surface area contributed by atoms with E-state index in [1.165, 1.54) is 19.1 Å². The average molecular weight is 312 g/mol. The topological polar surface area (TPSA) is 58.2 Å². The minimum atomic E-state index is -0.269. The van der Waals surface area contributed by atoms with Crippen LogP contribution in [0.25, 0.3) is 0 Å². The first-order valence-corrected chi connectivity index (χ1v) is 7.47. The zero-order chi connectivity index (χ0) is 16.4. The molecule has 0 spiro atoms. The lowest BCUT2D eigenvalue weighted by atomic mass is 10.1. The van der Waals surface area contributed by atoms with Crippen LogP contribution < -0.4 is 10.6 Å². The van der Waals surface area contributed by atoms with Crippen LogP contribution in [0.5, 0.6) is 0 Å². The highest BCUT2D eigenvalue weighted by Gasteiger charge is 2.43. The van der Waals surface area contributed by atoms with Gasteiger partial charge in [0, 0.05) is 24.2 Å². The van der Waals surface area contributed by atoms with Gasteiger partial charge in [0.05, 0.1) is 0 Å². The minimum Gasteiger partial charge on any atom is -0.326 e. The molecule has 5 heteroatoms. The molecular weight excluding hydrogens is 295 g/mol. The quantitative estimate of drug-likeness (QED) is 0.907. The molecule has 1 saturated carbocycles. The summed E-state index contributed by atoms with van der Waals surface area (Å²) in [5.74, 6) is -0.354. The molecule has 2 aromatic rings. The molecule has 4 nitrogen and oxygen atoms in total. The Morgan fingerprint density at radius 2 is 1.52 bits per heavy atom. The molecule has 0 aromatic heterocycles. The highest BCUT2D eigenvalue weighted by molar-refractivity contribution is 5.95. The summed E-state index contributed by atoms with van der Waals surface area (Å²) in [7, 11) is 0. The number of halogens is 1. The van der Waals surface area contributed by atoms with Gasteiger partial charge in [-0.05, 0) is 54.3 Å². The molecule has 2 unspecified atom stereocenters. The van der Waals surface area contributed by atoms with E-state index in [0.717, 1.165) is 12.0 Å². The third-order valence-corrected chi connectivity index (χ3v) is 3.90. The zero-order valence-electron chi connectivity index (χ0n) is 12.7. The maximum absolute atomic E-state index is 12.9. The van der Waals surface area contributed by atoms with E-state index in [2.05, 4.69) is 10.6 Å². The molecule has 23 heavy (non-hydrogen) atoms. The van der Waals surface area contributed by atoms with Gasteiger partial charge in [0.2, 0.25) is 11.8 Å². The fourth-order valence-corrected chi connectivity index (χ4v) is 2.64. The molecule has 2 N–H and O–H groups in total. The molecule has 2 atom stereocenters. The molecular formula is C18H17FN2O2. The molecule has 1 aliphatic rings. The third-order valence-electron chi connectivity index (χ3n) is 3.90. The van der Waals surface area contributed by atoms with Crippen LogP contribution >= 0.6 is 0 Å². The molecule has 1 aliphatic carbocycles.